The van der Waals surface area contributed by atoms with E-state index in [0.29, 0.717) is 16.8 Å². The molecule has 0 spiro atoms. The van der Waals surface area contributed by atoms with Crippen LogP contribution >= 0.6 is 0 Å². The number of rotatable bonds is 6. The second-order valence-corrected chi connectivity index (χ2v) is 6.65. The van der Waals surface area contributed by atoms with Crippen LogP contribution in [0.25, 0.3) is 10.9 Å². The first-order valence-corrected chi connectivity index (χ1v) is 9.28. The van der Waals surface area contributed by atoms with Crippen LogP contribution in [-0.2, 0) is 6.42 Å². The molecule has 0 fully saturated rings. The second kappa shape index (κ2) is 8.28. The van der Waals surface area contributed by atoms with Crippen molar-refractivity contribution in [1.29, 1.82) is 5.26 Å². The van der Waals surface area contributed by atoms with Crippen molar-refractivity contribution >= 4 is 28.2 Å². The van der Waals surface area contributed by atoms with E-state index in [9.17, 15) is 4.79 Å². The van der Waals surface area contributed by atoms with Crippen LogP contribution in [0.5, 0.6) is 0 Å². The summed E-state index contributed by atoms with van der Waals surface area (Å²) < 4.78 is 0. The predicted octanol–water partition coefficient (Wildman–Crippen LogP) is 4.34. The van der Waals surface area contributed by atoms with Crippen LogP contribution in [0.4, 0.5) is 11.4 Å². The van der Waals surface area contributed by atoms with E-state index in [-0.39, 0.29) is 5.91 Å². The van der Waals surface area contributed by atoms with Crippen LogP contribution in [-0.4, -0.2) is 22.4 Å². The van der Waals surface area contributed by atoms with Crippen LogP contribution in [0.2, 0.25) is 0 Å². The van der Waals surface area contributed by atoms with Gasteiger partial charge in [0.25, 0.3) is 5.91 Å². The Morgan fingerprint density at radius 3 is 2.86 bits per heavy atom. The van der Waals surface area contributed by atoms with Gasteiger partial charge >= 0.3 is 0 Å². The van der Waals surface area contributed by atoms with Crippen LogP contribution < -0.4 is 10.6 Å². The SMILES string of the molecule is N#Cc1cccc(NC(=O)c2cncc(NCCc3c[nH]c4ccccc34)c2)c1. The third-order valence-corrected chi connectivity index (χ3v) is 4.65. The van der Waals surface area contributed by atoms with E-state index < -0.39 is 0 Å². The summed E-state index contributed by atoms with van der Waals surface area (Å²) >= 11 is 0. The Labute approximate surface area is 168 Å². The monoisotopic (exact) mass is 381 g/mol. The number of anilines is 2. The lowest BCUT2D eigenvalue weighted by molar-refractivity contribution is 0.102. The van der Waals surface area contributed by atoms with Crippen molar-refractivity contribution in [3.8, 4) is 6.07 Å². The summed E-state index contributed by atoms with van der Waals surface area (Å²) in [5.74, 6) is -0.270. The maximum absolute atomic E-state index is 12.5. The first-order valence-electron chi connectivity index (χ1n) is 9.28. The number of carbonyl (C=O) groups excluding carboxylic acids is 1. The lowest BCUT2D eigenvalue weighted by atomic mass is 10.1. The van der Waals surface area contributed by atoms with Gasteiger partial charge in [0.15, 0.2) is 0 Å². The van der Waals surface area contributed by atoms with Gasteiger partial charge in [0.05, 0.1) is 22.9 Å². The number of aromatic nitrogens is 2. The van der Waals surface area contributed by atoms with Gasteiger partial charge in [0, 0.05) is 41.7 Å². The highest BCUT2D eigenvalue weighted by Crippen LogP contribution is 2.18. The number of aromatic amines is 1. The number of amides is 1. The van der Waals surface area contributed by atoms with E-state index in [1.165, 1.54) is 17.1 Å². The quantitative estimate of drug-likeness (QED) is 0.463. The molecule has 0 aliphatic carbocycles. The van der Waals surface area contributed by atoms with Crippen molar-refractivity contribution < 1.29 is 4.79 Å². The molecule has 0 bridgehead atoms. The van der Waals surface area contributed by atoms with E-state index in [0.717, 1.165) is 24.2 Å². The Balaban J connectivity index is 1.39. The number of nitrogens with one attached hydrogen (secondary N) is 3. The zero-order valence-corrected chi connectivity index (χ0v) is 15.6. The summed E-state index contributed by atoms with van der Waals surface area (Å²) in [7, 11) is 0. The smallest absolute Gasteiger partial charge is 0.257 e. The van der Waals surface area contributed by atoms with Crippen LogP contribution in [0, 0.1) is 11.3 Å². The lowest BCUT2D eigenvalue weighted by Crippen LogP contribution is -2.13. The minimum Gasteiger partial charge on any atom is -0.383 e. The molecule has 0 unspecified atom stereocenters. The fraction of sp³-hybridized carbons (Fsp3) is 0.0870. The molecule has 0 saturated heterocycles. The molecule has 142 valence electrons. The molecule has 0 aliphatic heterocycles. The third kappa shape index (κ3) is 4.25. The van der Waals surface area contributed by atoms with Gasteiger partial charge in [-0.2, -0.15) is 5.26 Å². The molecule has 0 radical (unpaired) electrons. The van der Waals surface area contributed by atoms with E-state index in [2.05, 4.69) is 38.8 Å². The standard InChI is InChI=1S/C23H19N5O/c24-12-16-4-3-5-19(10-16)28-23(29)18-11-20(15-25-13-18)26-9-8-17-14-27-22-7-2-1-6-21(17)22/h1-7,10-11,13-15,26-27H,8-9H2,(H,28,29). The Hall–Kier alpha value is -4.11. The van der Waals surface area contributed by atoms with Crippen LogP contribution in [0.1, 0.15) is 21.5 Å². The summed E-state index contributed by atoms with van der Waals surface area (Å²) in [5.41, 5.74) is 4.67. The molecule has 29 heavy (non-hydrogen) atoms. The normalized spacial score (nSPS) is 10.4. The Morgan fingerprint density at radius 1 is 1.07 bits per heavy atom. The fourth-order valence-electron chi connectivity index (χ4n) is 3.21. The number of pyridine rings is 1. The van der Waals surface area contributed by atoms with Gasteiger partial charge in [0.2, 0.25) is 0 Å². The number of carbonyl (C=O) groups is 1. The van der Waals surface area contributed by atoms with E-state index in [4.69, 9.17) is 5.26 Å². The van der Waals surface area contributed by atoms with Gasteiger partial charge in [-0.1, -0.05) is 24.3 Å². The molecular formula is C23H19N5O. The first kappa shape index (κ1) is 18.3. The van der Waals surface area contributed by atoms with Crippen molar-refractivity contribution in [3.05, 3.63) is 89.9 Å². The average molecular weight is 381 g/mol. The Kier molecular flexibility index (Phi) is 5.21. The van der Waals surface area contributed by atoms with Crippen LogP contribution in [0.3, 0.4) is 0 Å². The molecule has 4 aromatic rings. The summed E-state index contributed by atoms with van der Waals surface area (Å²) in [4.78, 5) is 20.0. The molecule has 2 heterocycles. The van der Waals surface area contributed by atoms with Gasteiger partial charge in [0.1, 0.15) is 0 Å². The Bertz CT molecular complexity index is 1210. The summed E-state index contributed by atoms with van der Waals surface area (Å²) in [6.07, 6.45) is 6.10. The molecule has 1 amide bonds. The number of fused-ring (bicyclic) bond motifs is 1. The molecule has 0 atom stereocenters. The molecule has 4 rings (SSSR count). The largest absolute Gasteiger partial charge is 0.383 e. The molecule has 3 N–H and O–H groups in total. The summed E-state index contributed by atoms with van der Waals surface area (Å²) in [6, 6.07) is 18.8. The number of H-pyrrole nitrogens is 1. The zero-order valence-electron chi connectivity index (χ0n) is 15.6. The van der Waals surface area contributed by atoms with E-state index in [1.54, 1.807) is 36.5 Å². The van der Waals surface area contributed by atoms with Crippen molar-refractivity contribution in [3.63, 3.8) is 0 Å². The Morgan fingerprint density at radius 2 is 1.97 bits per heavy atom. The topological polar surface area (TPSA) is 93.6 Å². The van der Waals surface area contributed by atoms with E-state index >= 15 is 0 Å². The molecule has 2 aromatic heterocycles. The minimum atomic E-state index is -0.270. The predicted molar refractivity (Wildman–Crippen MR) is 114 cm³/mol. The highest BCUT2D eigenvalue weighted by molar-refractivity contribution is 6.04. The van der Waals surface area contributed by atoms with Crippen molar-refractivity contribution in [2.45, 2.75) is 6.42 Å². The molecule has 6 heteroatoms. The third-order valence-electron chi connectivity index (χ3n) is 4.65. The molecule has 0 aliphatic rings. The van der Waals surface area contributed by atoms with Crippen molar-refractivity contribution in [2.24, 2.45) is 0 Å². The number of benzene rings is 2. The maximum Gasteiger partial charge on any atom is 0.257 e. The van der Waals surface area contributed by atoms with Gasteiger partial charge in [-0.15, -0.1) is 0 Å². The van der Waals surface area contributed by atoms with Gasteiger partial charge in [-0.25, -0.2) is 0 Å². The van der Waals surface area contributed by atoms with Gasteiger partial charge in [-0.3, -0.25) is 9.78 Å². The molecular weight excluding hydrogens is 362 g/mol. The molecule has 0 saturated carbocycles. The van der Waals surface area contributed by atoms with Crippen molar-refractivity contribution in [1.82, 2.24) is 9.97 Å². The number of para-hydroxylation sites is 1. The summed E-state index contributed by atoms with van der Waals surface area (Å²) in [5, 5.41) is 16.3. The molecule has 6 nitrogen and oxygen atoms in total. The number of hydrogen-bond donors (Lipinski definition) is 3. The minimum absolute atomic E-state index is 0.270. The highest BCUT2D eigenvalue weighted by atomic mass is 16.1. The van der Waals surface area contributed by atoms with Gasteiger partial charge < -0.3 is 15.6 Å². The molecule has 2 aromatic carbocycles. The average Bonchev–Trinajstić information content (AvgIpc) is 3.17. The first-order chi connectivity index (χ1) is 14.2. The number of hydrogen-bond acceptors (Lipinski definition) is 4. The lowest BCUT2D eigenvalue weighted by Gasteiger charge is -2.09. The summed E-state index contributed by atoms with van der Waals surface area (Å²) in [6.45, 7) is 0.721. The fourth-order valence-corrected chi connectivity index (χ4v) is 3.21. The number of nitrogens with zero attached hydrogens (tertiary/aromatic N) is 2. The zero-order chi connectivity index (χ0) is 20.1. The highest BCUT2D eigenvalue weighted by Gasteiger charge is 2.08. The van der Waals surface area contributed by atoms with E-state index in [1.807, 2.05) is 18.3 Å². The van der Waals surface area contributed by atoms with Crippen LogP contribution in [0.15, 0.2) is 73.2 Å². The maximum atomic E-state index is 12.5. The van der Waals surface area contributed by atoms with Gasteiger partial charge in [-0.05, 0) is 42.3 Å². The van der Waals surface area contributed by atoms with Crippen molar-refractivity contribution in [2.75, 3.05) is 17.2 Å². The number of nitriles is 1. The second-order valence-electron chi connectivity index (χ2n) is 6.65.